The first kappa shape index (κ1) is 11.7. The summed E-state index contributed by atoms with van der Waals surface area (Å²) >= 11 is 4.29. The van der Waals surface area contributed by atoms with Crippen molar-refractivity contribution in [1.29, 1.82) is 0 Å². The standard InChI is InChI=1S/C7H9BrN2O3S/c8-5-6(13)9-3-10-7(5)14-2-4(12)1-11/h3-4,11-12H,1-2H2,(H,9,10,13). The number of aromatic nitrogens is 2. The molecule has 0 fully saturated rings. The maximum Gasteiger partial charge on any atom is 0.266 e. The van der Waals surface area contributed by atoms with Gasteiger partial charge in [0.1, 0.15) is 9.50 Å². The highest BCUT2D eigenvalue weighted by atomic mass is 79.9. The third-order valence-corrected chi connectivity index (χ3v) is 3.52. The molecule has 1 aromatic heterocycles. The number of hydrogen-bond acceptors (Lipinski definition) is 5. The fourth-order valence-corrected chi connectivity index (χ4v) is 2.06. The zero-order valence-corrected chi connectivity index (χ0v) is 9.51. The Labute approximate surface area is 92.7 Å². The second kappa shape index (κ2) is 5.50. The molecule has 0 aliphatic carbocycles. The molecule has 78 valence electrons. The number of thioether (sulfide) groups is 1. The molecule has 0 saturated heterocycles. The maximum atomic E-state index is 11.1. The summed E-state index contributed by atoms with van der Waals surface area (Å²) in [5.41, 5.74) is -0.263. The van der Waals surface area contributed by atoms with Gasteiger partial charge in [-0.25, -0.2) is 4.98 Å². The summed E-state index contributed by atoms with van der Waals surface area (Å²) in [7, 11) is 0. The highest BCUT2D eigenvalue weighted by Gasteiger charge is 2.08. The lowest BCUT2D eigenvalue weighted by atomic mass is 10.4. The van der Waals surface area contributed by atoms with E-state index in [-0.39, 0.29) is 12.2 Å². The van der Waals surface area contributed by atoms with Gasteiger partial charge in [0, 0.05) is 5.75 Å². The van der Waals surface area contributed by atoms with Crippen LogP contribution in [0.3, 0.4) is 0 Å². The molecule has 0 spiro atoms. The number of nitrogens with one attached hydrogen (secondary N) is 1. The summed E-state index contributed by atoms with van der Waals surface area (Å²) in [6, 6.07) is 0. The van der Waals surface area contributed by atoms with Gasteiger partial charge in [-0.2, -0.15) is 0 Å². The Hall–Kier alpha value is -0.370. The van der Waals surface area contributed by atoms with Gasteiger partial charge in [-0.15, -0.1) is 11.8 Å². The van der Waals surface area contributed by atoms with Gasteiger partial charge < -0.3 is 15.2 Å². The van der Waals surface area contributed by atoms with E-state index in [1.54, 1.807) is 0 Å². The van der Waals surface area contributed by atoms with E-state index in [0.717, 1.165) is 0 Å². The van der Waals surface area contributed by atoms with E-state index in [9.17, 15) is 4.79 Å². The molecule has 7 heteroatoms. The third-order valence-electron chi connectivity index (χ3n) is 1.39. The SMILES string of the molecule is O=c1[nH]cnc(SCC(O)CO)c1Br. The molecule has 1 atom stereocenters. The number of aliphatic hydroxyl groups excluding tert-OH is 2. The van der Waals surface area contributed by atoms with E-state index >= 15 is 0 Å². The second-order valence-corrected chi connectivity index (χ2v) is 4.30. The lowest BCUT2D eigenvalue weighted by Gasteiger charge is -2.05. The largest absolute Gasteiger partial charge is 0.394 e. The van der Waals surface area contributed by atoms with Crippen LogP contribution in [0.15, 0.2) is 20.6 Å². The van der Waals surface area contributed by atoms with Gasteiger partial charge in [0.15, 0.2) is 0 Å². The molecule has 1 aromatic rings. The van der Waals surface area contributed by atoms with Crippen molar-refractivity contribution in [1.82, 2.24) is 9.97 Å². The van der Waals surface area contributed by atoms with Crippen molar-refractivity contribution < 1.29 is 10.2 Å². The molecule has 0 bridgehead atoms. The minimum absolute atomic E-state index is 0.263. The van der Waals surface area contributed by atoms with Gasteiger partial charge in [0.05, 0.1) is 19.0 Å². The average Bonchev–Trinajstić information content (AvgIpc) is 2.20. The summed E-state index contributed by atoms with van der Waals surface area (Å²) in [6.07, 6.45) is 0.494. The van der Waals surface area contributed by atoms with Crippen LogP contribution < -0.4 is 5.56 Å². The van der Waals surface area contributed by atoms with Crippen molar-refractivity contribution in [2.75, 3.05) is 12.4 Å². The number of H-pyrrole nitrogens is 1. The van der Waals surface area contributed by atoms with Gasteiger partial charge in [0.2, 0.25) is 0 Å². The molecule has 0 amide bonds. The van der Waals surface area contributed by atoms with E-state index < -0.39 is 6.10 Å². The van der Waals surface area contributed by atoms with Crippen LogP contribution >= 0.6 is 27.7 Å². The first-order valence-electron chi connectivity index (χ1n) is 3.80. The van der Waals surface area contributed by atoms with Gasteiger partial charge in [-0.05, 0) is 15.9 Å². The van der Waals surface area contributed by atoms with Crippen molar-refractivity contribution >= 4 is 27.7 Å². The van der Waals surface area contributed by atoms with E-state index in [1.807, 2.05) is 0 Å². The number of aromatic amines is 1. The Kier molecular flexibility index (Phi) is 4.59. The highest BCUT2D eigenvalue weighted by Crippen LogP contribution is 2.21. The average molecular weight is 281 g/mol. The zero-order valence-electron chi connectivity index (χ0n) is 7.11. The molecule has 3 N–H and O–H groups in total. The Morgan fingerprint density at radius 2 is 2.43 bits per heavy atom. The Morgan fingerprint density at radius 1 is 1.71 bits per heavy atom. The summed E-state index contributed by atoms with van der Waals surface area (Å²) < 4.78 is 0.343. The molecule has 0 aliphatic heterocycles. The summed E-state index contributed by atoms with van der Waals surface area (Å²) in [6.45, 7) is -0.298. The third kappa shape index (κ3) is 3.09. The zero-order chi connectivity index (χ0) is 10.6. The fraction of sp³-hybridized carbons (Fsp3) is 0.429. The predicted molar refractivity (Wildman–Crippen MR) is 56.4 cm³/mol. The monoisotopic (exact) mass is 280 g/mol. The van der Waals surface area contributed by atoms with Crippen LogP contribution in [0.4, 0.5) is 0 Å². The topological polar surface area (TPSA) is 86.2 Å². The van der Waals surface area contributed by atoms with Crippen LogP contribution in [0.1, 0.15) is 0 Å². The molecule has 0 radical (unpaired) electrons. The fourth-order valence-electron chi connectivity index (χ4n) is 0.695. The molecule has 5 nitrogen and oxygen atoms in total. The van der Waals surface area contributed by atoms with Crippen LogP contribution in [0.25, 0.3) is 0 Å². The number of halogens is 1. The summed E-state index contributed by atoms with van der Waals surface area (Å²) in [5.74, 6) is 0.297. The summed E-state index contributed by atoms with van der Waals surface area (Å²) in [4.78, 5) is 17.4. The maximum absolute atomic E-state index is 11.1. The molecule has 0 aromatic carbocycles. The minimum Gasteiger partial charge on any atom is -0.394 e. The van der Waals surface area contributed by atoms with Crippen LogP contribution in [0.5, 0.6) is 0 Å². The van der Waals surface area contributed by atoms with Crippen LogP contribution in [0.2, 0.25) is 0 Å². The van der Waals surface area contributed by atoms with Crippen LogP contribution in [-0.4, -0.2) is 38.6 Å². The van der Waals surface area contributed by atoms with Gasteiger partial charge in [0.25, 0.3) is 5.56 Å². The lowest BCUT2D eigenvalue weighted by Crippen LogP contribution is -2.15. The quantitative estimate of drug-likeness (QED) is 0.533. The van der Waals surface area contributed by atoms with Crippen molar-refractivity contribution in [2.45, 2.75) is 11.1 Å². The van der Waals surface area contributed by atoms with E-state index in [2.05, 4.69) is 25.9 Å². The van der Waals surface area contributed by atoms with E-state index in [4.69, 9.17) is 10.2 Å². The minimum atomic E-state index is -0.798. The number of rotatable bonds is 4. The van der Waals surface area contributed by atoms with Crippen molar-refractivity contribution in [3.63, 3.8) is 0 Å². The van der Waals surface area contributed by atoms with E-state index in [0.29, 0.717) is 15.3 Å². The van der Waals surface area contributed by atoms with Crippen LogP contribution in [0, 0.1) is 0 Å². The molecule has 1 unspecified atom stereocenters. The normalized spacial score (nSPS) is 12.8. The van der Waals surface area contributed by atoms with Crippen LogP contribution in [-0.2, 0) is 0 Å². The molecule has 0 saturated carbocycles. The Balaban J connectivity index is 2.68. The molecule has 1 rings (SSSR count). The first-order chi connectivity index (χ1) is 6.65. The number of aliphatic hydroxyl groups is 2. The highest BCUT2D eigenvalue weighted by molar-refractivity contribution is 9.10. The Bertz CT molecular complexity index is 357. The number of nitrogens with zero attached hydrogens (tertiary/aromatic N) is 1. The predicted octanol–water partition coefficient (Wildman–Crippen LogP) is -0.0223. The van der Waals surface area contributed by atoms with Crippen molar-refractivity contribution in [3.05, 3.63) is 21.2 Å². The molecule has 1 heterocycles. The second-order valence-electron chi connectivity index (χ2n) is 2.50. The molecule has 14 heavy (non-hydrogen) atoms. The smallest absolute Gasteiger partial charge is 0.266 e. The molecular formula is C7H9BrN2O3S. The molecular weight excluding hydrogens is 272 g/mol. The van der Waals surface area contributed by atoms with Gasteiger partial charge in [-0.1, -0.05) is 0 Å². The van der Waals surface area contributed by atoms with Gasteiger partial charge >= 0.3 is 0 Å². The van der Waals surface area contributed by atoms with E-state index in [1.165, 1.54) is 18.1 Å². The molecule has 0 aliphatic rings. The lowest BCUT2D eigenvalue weighted by molar-refractivity contribution is 0.113. The number of hydrogen-bond donors (Lipinski definition) is 3. The van der Waals surface area contributed by atoms with Crippen molar-refractivity contribution in [3.8, 4) is 0 Å². The summed E-state index contributed by atoms with van der Waals surface area (Å²) in [5, 5.41) is 18.2. The Morgan fingerprint density at radius 3 is 3.07 bits per heavy atom. The van der Waals surface area contributed by atoms with Gasteiger partial charge in [-0.3, -0.25) is 4.79 Å². The first-order valence-corrected chi connectivity index (χ1v) is 5.58. The van der Waals surface area contributed by atoms with Crippen molar-refractivity contribution in [2.24, 2.45) is 0 Å².